The van der Waals surface area contributed by atoms with Crippen LogP contribution in [0.3, 0.4) is 0 Å². The number of carboxylic acids is 1. The third kappa shape index (κ3) is 4.41. The van der Waals surface area contributed by atoms with Crippen LogP contribution in [0.25, 0.3) is 11.8 Å². The zero-order chi connectivity index (χ0) is 28.6. The lowest BCUT2D eigenvalue weighted by atomic mass is 9.78. The van der Waals surface area contributed by atoms with Crippen molar-refractivity contribution < 1.29 is 19.5 Å². The fourth-order valence-corrected chi connectivity index (χ4v) is 6.62. The van der Waals surface area contributed by atoms with Crippen molar-refractivity contribution in [2.24, 2.45) is 18.9 Å². The Bertz CT molecular complexity index is 1530. The number of imide groups is 1. The molecule has 4 atom stereocenters. The Morgan fingerprint density at radius 1 is 1.05 bits per heavy atom. The van der Waals surface area contributed by atoms with E-state index in [1.165, 1.54) is 16.4 Å². The number of para-hydroxylation sites is 1. The Kier molecular flexibility index (Phi) is 7.57. The van der Waals surface area contributed by atoms with Gasteiger partial charge in [-0.05, 0) is 43.0 Å². The molecule has 0 radical (unpaired) electrons. The van der Waals surface area contributed by atoms with Crippen molar-refractivity contribution in [1.82, 2.24) is 19.6 Å². The molecule has 2 fully saturated rings. The molecule has 0 bridgehead atoms. The number of carbonyl (C=O) groups excluding carboxylic acids is 2. The van der Waals surface area contributed by atoms with Crippen LogP contribution in [0.4, 0.5) is 0 Å². The van der Waals surface area contributed by atoms with Crippen LogP contribution in [0.15, 0.2) is 71.5 Å². The number of nitrogens with zero attached hydrogens (tertiary/aromatic N) is 3. The molecule has 10 heteroatoms. The molecule has 40 heavy (non-hydrogen) atoms. The first kappa shape index (κ1) is 27.7. The molecule has 2 amide bonds. The van der Waals surface area contributed by atoms with Crippen LogP contribution < -0.4 is 10.9 Å². The first-order valence-electron chi connectivity index (χ1n) is 13.1. The number of benzene rings is 2. The van der Waals surface area contributed by atoms with E-state index >= 15 is 0 Å². The highest BCUT2D eigenvalue weighted by Crippen LogP contribution is 2.50. The number of hydrogen-bond acceptors (Lipinski definition) is 6. The molecule has 3 aromatic rings. The summed E-state index contributed by atoms with van der Waals surface area (Å²) in [7, 11) is 1.75. The third-order valence-corrected chi connectivity index (χ3v) is 8.75. The molecule has 0 aliphatic carbocycles. The van der Waals surface area contributed by atoms with E-state index in [4.69, 9.17) is 0 Å². The van der Waals surface area contributed by atoms with E-state index in [0.29, 0.717) is 22.7 Å². The summed E-state index contributed by atoms with van der Waals surface area (Å²) >= 11 is 1.47. The van der Waals surface area contributed by atoms with Crippen molar-refractivity contribution in [3.8, 4) is 5.69 Å². The number of amides is 2. The third-order valence-electron chi connectivity index (χ3n) is 8.14. The second kappa shape index (κ2) is 10.9. The minimum atomic E-state index is -1.69. The van der Waals surface area contributed by atoms with Gasteiger partial charge in [-0.3, -0.25) is 34.1 Å². The van der Waals surface area contributed by atoms with Crippen molar-refractivity contribution in [3.05, 3.63) is 93.9 Å². The number of aliphatic carboxylic acids is 1. The second-order valence-corrected chi connectivity index (χ2v) is 11.2. The SMILES string of the molecule is CSCCC1(C(=O)O)NC(c2c(C)n(C)n(-c3ccccc3)c2=O)C2C(=O)N(CC=Cc3ccccc3)C(=O)C21. The van der Waals surface area contributed by atoms with Gasteiger partial charge < -0.3 is 5.11 Å². The molecule has 3 heterocycles. The number of nitrogens with one attached hydrogen (secondary N) is 1. The molecule has 208 valence electrons. The molecule has 2 aromatic carbocycles. The second-order valence-electron chi connectivity index (χ2n) is 10.2. The average Bonchev–Trinajstić information content (AvgIpc) is 3.50. The van der Waals surface area contributed by atoms with E-state index in [1.807, 2.05) is 60.9 Å². The van der Waals surface area contributed by atoms with Crippen LogP contribution in [0, 0.1) is 18.8 Å². The van der Waals surface area contributed by atoms with Gasteiger partial charge in [0.15, 0.2) is 0 Å². The summed E-state index contributed by atoms with van der Waals surface area (Å²) in [6.07, 6.45) is 5.55. The Labute approximate surface area is 236 Å². The topological polar surface area (TPSA) is 114 Å². The number of aromatic nitrogens is 2. The number of fused-ring (bicyclic) bond motifs is 1. The van der Waals surface area contributed by atoms with E-state index < -0.39 is 41.2 Å². The Morgan fingerprint density at radius 3 is 2.33 bits per heavy atom. The molecule has 1 aromatic heterocycles. The number of carboxylic acid groups (broad SMARTS) is 1. The van der Waals surface area contributed by atoms with Gasteiger partial charge in [-0.25, -0.2) is 4.68 Å². The first-order valence-corrected chi connectivity index (χ1v) is 14.5. The Hall–Kier alpha value is -3.89. The number of thioether (sulfide) groups is 1. The van der Waals surface area contributed by atoms with Crippen LogP contribution in [0.5, 0.6) is 0 Å². The van der Waals surface area contributed by atoms with Gasteiger partial charge in [0.2, 0.25) is 11.8 Å². The number of likely N-dealkylation sites (tertiary alicyclic amines) is 1. The van der Waals surface area contributed by atoms with Gasteiger partial charge >= 0.3 is 5.97 Å². The molecular formula is C30H32N4O5S. The van der Waals surface area contributed by atoms with Crippen LogP contribution in [-0.2, 0) is 21.4 Å². The van der Waals surface area contributed by atoms with Crippen LogP contribution in [0.1, 0.15) is 29.3 Å². The van der Waals surface area contributed by atoms with E-state index in [9.17, 15) is 24.3 Å². The molecule has 2 saturated heterocycles. The summed E-state index contributed by atoms with van der Waals surface area (Å²) in [6, 6.07) is 17.7. The average molecular weight is 561 g/mol. The predicted octanol–water partition coefficient (Wildman–Crippen LogP) is 3.02. The predicted molar refractivity (Wildman–Crippen MR) is 154 cm³/mol. The zero-order valence-corrected chi connectivity index (χ0v) is 23.4. The number of hydrogen-bond donors (Lipinski definition) is 2. The quantitative estimate of drug-likeness (QED) is 0.387. The molecule has 2 N–H and O–H groups in total. The van der Waals surface area contributed by atoms with Crippen molar-refractivity contribution in [1.29, 1.82) is 0 Å². The Morgan fingerprint density at radius 2 is 1.70 bits per heavy atom. The van der Waals surface area contributed by atoms with Gasteiger partial charge in [-0.1, -0.05) is 60.7 Å². The monoisotopic (exact) mass is 560 g/mol. The normalized spacial score (nSPS) is 24.3. The standard InChI is InChI=1S/C30H32N4O5S/c1-19-22(27(36)34(32(19)2)21-14-8-5-9-15-21)25-23-24(30(31-25,29(38)39)16-18-40-3)28(37)33(26(23)35)17-10-13-20-11-6-4-7-12-20/h4-15,23-25,31H,16-18H2,1-3H3,(H,38,39). The smallest absolute Gasteiger partial charge is 0.324 e. The van der Waals surface area contributed by atoms with Gasteiger partial charge in [-0.15, -0.1) is 0 Å². The maximum atomic E-state index is 13.9. The summed E-state index contributed by atoms with van der Waals surface area (Å²) in [5.74, 6) is -3.88. The highest BCUT2D eigenvalue weighted by Gasteiger charge is 2.68. The molecule has 0 saturated carbocycles. The van der Waals surface area contributed by atoms with E-state index in [2.05, 4.69) is 5.32 Å². The fourth-order valence-electron chi connectivity index (χ4n) is 6.09. The molecule has 2 aliphatic heterocycles. The molecule has 4 unspecified atom stereocenters. The van der Waals surface area contributed by atoms with Crippen molar-refractivity contribution in [3.63, 3.8) is 0 Å². The molecule has 0 spiro atoms. The van der Waals surface area contributed by atoms with Gasteiger partial charge in [-0.2, -0.15) is 11.8 Å². The van der Waals surface area contributed by atoms with Crippen molar-refractivity contribution in [2.45, 2.75) is 24.9 Å². The summed E-state index contributed by atoms with van der Waals surface area (Å²) in [4.78, 5) is 55.7. The largest absolute Gasteiger partial charge is 0.480 e. The number of carbonyl (C=O) groups is 3. The van der Waals surface area contributed by atoms with E-state index in [-0.39, 0.29) is 18.5 Å². The zero-order valence-electron chi connectivity index (χ0n) is 22.6. The highest BCUT2D eigenvalue weighted by molar-refractivity contribution is 7.98. The van der Waals surface area contributed by atoms with Gasteiger partial charge in [0.1, 0.15) is 5.54 Å². The summed E-state index contributed by atoms with van der Waals surface area (Å²) in [6.45, 7) is 1.80. The van der Waals surface area contributed by atoms with E-state index in [1.54, 1.807) is 36.9 Å². The van der Waals surface area contributed by atoms with Crippen LogP contribution in [-0.4, -0.2) is 61.2 Å². The minimum absolute atomic E-state index is 0.0204. The lowest BCUT2D eigenvalue weighted by molar-refractivity contribution is -0.151. The van der Waals surface area contributed by atoms with Crippen LogP contribution in [0.2, 0.25) is 0 Å². The molecule has 2 aliphatic rings. The minimum Gasteiger partial charge on any atom is -0.480 e. The molecule has 5 rings (SSSR count). The summed E-state index contributed by atoms with van der Waals surface area (Å²) in [5, 5.41) is 13.7. The van der Waals surface area contributed by atoms with Crippen molar-refractivity contribution >= 4 is 35.6 Å². The Balaban J connectivity index is 1.59. The molecular weight excluding hydrogens is 528 g/mol. The maximum Gasteiger partial charge on any atom is 0.324 e. The molecule has 9 nitrogen and oxygen atoms in total. The van der Waals surface area contributed by atoms with Crippen LogP contribution >= 0.6 is 11.8 Å². The van der Waals surface area contributed by atoms with Crippen molar-refractivity contribution in [2.75, 3.05) is 18.6 Å². The van der Waals surface area contributed by atoms with Gasteiger partial charge in [0, 0.05) is 19.3 Å². The number of rotatable bonds is 9. The van der Waals surface area contributed by atoms with Gasteiger partial charge in [0.25, 0.3) is 5.56 Å². The maximum absolute atomic E-state index is 13.9. The van der Waals surface area contributed by atoms with E-state index in [0.717, 1.165) is 10.5 Å². The summed E-state index contributed by atoms with van der Waals surface area (Å²) < 4.78 is 3.21. The fraction of sp³-hybridized carbons (Fsp3) is 0.333. The van der Waals surface area contributed by atoms with Gasteiger partial charge in [0.05, 0.1) is 29.1 Å². The lowest BCUT2D eigenvalue weighted by Gasteiger charge is -2.30. The highest BCUT2D eigenvalue weighted by atomic mass is 32.2. The summed E-state index contributed by atoms with van der Waals surface area (Å²) in [5.41, 5.74) is 0.427. The lowest BCUT2D eigenvalue weighted by Crippen LogP contribution is -2.56. The first-order chi connectivity index (χ1) is 19.2.